The van der Waals surface area contributed by atoms with Crippen LogP contribution < -0.4 is 14.8 Å². The molecule has 112 valence electrons. The van der Waals surface area contributed by atoms with Gasteiger partial charge in [-0.15, -0.1) is 0 Å². The van der Waals surface area contributed by atoms with Crippen molar-refractivity contribution in [3.8, 4) is 11.5 Å². The van der Waals surface area contributed by atoms with E-state index >= 15 is 0 Å². The second-order valence-corrected chi connectivity index (χ2v) is 5.48. The Balaban J connectivity index is 2.15. The molecule has 0 unspecified atom stereocenters. The molecule has 0 aliphatic carbocycles. The molecule has 0 heterocycles. The third-order valence-corrected chi connectivity index (χ3v) is 3.81. The summed E-state index contributed by atoms with van der Waals surface area (Å²) in [5, 5.41) is 3.29. The van der Waals surface area contributed by atoms with Crippen LogP contribution in [0.15, 0.2) is 34.8 Å². The van der Waals surface area contributed by atoms with Crippen LogP contribution in [0.25, 0.3) is 0 Å². The zero-order valence-electron chi connectivity index (χ0n) is 12.2. The Morgan fingerprint density at radius 1 is 1.10 bits per heavy atom. The molecular weight excluding hydrogens is 337 g/mol. The summed E-state index contributed by atoms with van der Waals surface area (Å²) in [6.07, 6.45) is 0. The van der Waals surface area contributed by atoms with Gasteiger partial charge < -0.3 is 14.8 Å². The van der Waals surface area contributed by atoms with Crippen LogP contribution in [-0.2, 0) is 6.54 Å². The topological polar surface area (TPSA) is 30.5 Å². The van der Waals surface area contributed by atoms with E-state index < -0.39 is 0 Å². The van der Waals surface area contributed by atoms with Crippen molar-refractivity contribution in [3.05, 3.63) is 51.7 Å². The number of aryl methyl sites for hydroxylation is 1. The minimum absolute atomic E-state index is 0.260. The van der Waals surface area contributed by atoms with Gasteiger partial charge in [-0.3, -0.25) is 0 Å². The molecule has 3 nitrogen and oxygen atoms in total. The van der Waals surface area contributed by atoms with E-state index in [1.807, 2.05) is 25.1 Å². The standard InChI is InChI=1S/C16H17BrFNO2/c1-10-6-13(18)12(17)8-14(10)19-9-11-4-5-15(20-2)16(7-11)21-3/h4-8,19H,9H2,1-3H3. The Hall–Kier alpha value is -1.75. The predicted octanol–water partition coefficient (Wildman–Crippen LogP) is 4.53. The lowest BCUT2D eigenvalue weighted by Crippen LogP contribution is -2.02. The highest BCUT2D eigenvalue weighted by Crippen LogP contribution is 2.29. The summed E-state index contributed by atoms with van der Waals surface area (Å²) >= 11 is 3.20. The van der Waals surface area contributed by atoms with E-state index in [1.54, 1.807) is 20.3 Å². The van der Waals surface area contributed by atoms with Crippen molar-refractivity contribution in [2.24, 2.45) is 0 Å². The Labute approximate surface area is 132 Å². The molecule has 1 N–H and O–H groups in total. The Bertz CT molecular complexity index is 646. The van der Waals surface area contributed by atoms with Crippen molar-refractivity contribution < 1.29 is 13.9 Å². The van der Waals surface area contributed by atoms with Crippen molar-refractivity contribution in [2.75, 3.05) is 19.5 Å². The summed E-state index contributed by atoms with van der Waals surface area (Å²) < 4.78 is 24.3. The predicted molar refractivity (Wildman–Crippen MR) is 85.7 cm³/mol. The van der Waals surface area contributed by atoms with Crippen molar-refractivity contribution in [1.29, 1.82) is 0 Å². The van der Waals surface area contributed by atoms with Crippen LogP contribution in [0.1, 0.15) is 11.1 Å². The third kappa shape index (κ3) is 3.67. The fourth-order valence-corrected chi connectivity index (χ4v) is 2.37. The lowest BCUT2D eigenvalue weighted by Gasteiger charge is -2.13. The Morgan fingerprint density at radius 3 is 2.48 bits per heavy atom. The van der Waals surface area contributed by atoms with Crippen molar-refractivity contribution in [2.45, 2.75) is 13.5 Å². The summed E-state index contributed by atoms with van der Waals surface area (Å²) in [5.41, 5.74) is 2.79. The number of halogens is 2. The van der Waals surface area contributed by atoms with Crippen molar-refractivity contribution in [3.63, 3.8) is 0 Å². The normalized spacial score (nSPS) is 10.3. The second-order valence-electron chi connectivity index (χ2n) is 4.62. The molecule has 0 aromatic heterocycles. The quantitative estimate of drug-likeness (QED) is 0.856. The number of anilines is 1. The molecule has 0 amide bonds. The minimum Gasteiger partial charge on any atom is -0.493 e. The average Bonchev–Trinajstić information content (AvgIpc) is 2.49. The summed E-state index contributed by atoms with van der Waals surface area (Å²) in [6, 6.07) is 8.98. The summed E-state index contributed by atoms with van der Waals surface area (Å²) in [7, 11) is 3.21. The number of nitrogens with one attached hydrogen (secondary N) is 1. The van der Waals surface area contributed by atoms with E-state index in [1.165, 1.54) is 6.07 Å². The molecule has 21 heavy (non-hydrogen) atoms. The third-order valence-electron chi connectivity index (χ3n) is 3.20. The number of methoxy groups -OCH3 is 2. The van der Waals surface area contributed by atoms with Gasteiger partial charge in [-0.2, -0.15) is 0 Å². The maximum atomic E-state index is 13.4. The molecule has 0 aliphatic rings. The van der Waals surface area contributed by atoms with E-state index in [0.717, 1.165) is 16.8 Å². The summed E-state index contributed by atoms with van der Waals surface area (Å²) in [6.45, 7) is 2.48. The van der Waals surface area contributed by atoms with Gasteiger partial charge in [0, 0.05) is 12.2 Å². The maximum Gasteiger partial charge on any atom is 0.161 e. The van der Waals surface area contributed by atoms with E-state index in [-0.39, 0.29) is 5.82 Å². The molecule has 2 rings (SSSR count). The number of hydrogen-bond donors (Lipinski definition) is 1. The Kier molecular flexibility index (Phi) is 5.07. The number of hydrogen-bond acceptors (Lipinski definition) is 3. The summed E-state index contributed by atoms with van der Waals surface area (Å²) in [5.74, 6) is 1.12. The SMILES string of the molecule is COc1ccc(CNc2cc(Br)c(F)cc2C)cc1OC. The molecule has 0 spiro atoms. The molecule has 5 heteroatoms. The molecular formula is C16H17BrFNO2. The molecule has 2 aromatic rings. The molecule has 0 fully saturated rings. The second kappa shape index (κ2) is 6.80. The van der Waals surface area contributed by atoms with Crippen LogP contribution >= 0.6 is 15.9 Å². The van der Waals surface area contributed by atoms with Gasteiger partial charge in [0.25, 0.3) is 0 Å². The van der Waals surface area contributed by atoms with E-state index in [0.29, 0.717) is 22.5 Å². The van der Waals surface area contributed by atoms with Crippen molar-refractivity contribution in [1.82, 2.24) is 0 Å². The molecule has 0 radical (unpaired) electrons. The molecule has 0 aliphatic heterocycles. The highest BCUT2D eigenvalue weighted by molar-refractivity contribution is 9.10. The van der Waals surface area contributed by atoms with E-state index in [4.69, 9.17) is 9.47 Å². The number of ether oxygens (including phenoxy) is 2. The molecule has 2 aromatic carbocycles. The zero-order chi connectivity index (χ0) is 15.4. The van der Waals surface area contributed by atoms with Crippen LogP contribution in [0, 0.1) is 12.7 Å². The summed E-state index contributed by atoms with van der Waals surface area (Å²) in [4.78, 5) is 0. The first-order chi connectivity index (χ1) is 10.0. The number of benzene rings is 2. The average molecular weight is 354 g/mol. The largest absolute Gasteiger partial charge is 0.493 e. The van der Waals surface area contributed by atoms with Gasteiger partial charge in [0.2, 0.25) is 0 Å². The van der Waals surface area contributed by atoms with Crippen LogP contribution in [-0.4, -0.2) is 14.2 Å². The number of rotatable bonds is 5. The fraction of sp³-hybridized carbons (Fsp3) is 0.250. The maximum absolute atomic E-state index is 13.4. The van der Waals surface area contributed by atoms with Gasteiger partial charge in [-0.1, -0.05) is 6.07 Å². The molecule has 0 saturated carbocycles. The fourth-order valence-electron chi connectivity index (χ4n) is 2.02. The molecule has 0 saturated heterocycles. The van der Waals surface area contributed by atoms with Gasteiger partial charge in [-0.05, 0) is 58.2 Å². The van der Waals surface area contributed by atoms with E-state index in [9.17, 15) is 4.39 Å². The molecule has 0 bridgehead atoms. The highest BCUT2D eigenvalue weighted by atomic mass is 79.9. The van der Waals surface area contributed by atoms with E-state index in [2.05, 4.69) is 21.2 Å². The molecule has 0 atom stereocenters. The van der Waals surface area contributed by atoms with Crippen LogP contribution in [0.2, 0.25) is 0 Å². The first-order valence-corrected chi connectivity index (χ1v) is 7.25. The highest BCUT2D eigenvalue weighted by Gasteiger charge is 2.07. The van der Waals surface area contributed by atoms with Gasteiger partial charge in [0.05, 0.1) is 18.7 Å². The van der Waals surface area contributed by atoms with Crippen LogP contribution in [0.5, 0.6) is 11.5 Å². The first kappa shape index (κ1) is 15.6. The smallest absolute Gasteiger partial charge is 0.161 e. The minimum atomic E-state index is -0.260. The lowest BCUT2D eigenvalue weighted by atomic mass is 10.1. The monoisotopic (exact) mass is 353 g/mol. The first-order valence-electron chi connectivity index (χ1n) is 6.45. The van der Waals surface area contributed by atoms with Gasteiger partial charge in [-0.25, -0.2) is 4.39 Å². The zero-order valence-corrected chi connectivity index (χ0v) is 13.8. The van der Waals surface area contributed by atoms with Gasteiger partial charge in [0.1, 0.15) is 5.82 Å². The van der Waals surface area contributed by atoms with Crippen LogP contribution in [0.3, 0.4) is 0 Å². The van der Waals surface area contributed by atoms with Gasteiger partial charge >= 0.3 is 0 Å². The lowest BCUT2D eigenvalue weighted by molar-refractivity contribution is 0.354. The van der Waals surface area contributed by atoms with Crippen molar-refractivity contribution >= 4 is 21.6 Å². The van der Waals surface area contributed by atoms with Gasteiger partial charge in [0.15, 0.2) is 11.5 Å². The Morgan fingerprint density at radius 2 is 1.81 bits per heavy atom. The van der Waals surface area contributed by atoms with Crippen LogP contribution in [0.4, 0.5) is 10.1 Å².